The van der Waals surface area contributed by atoms with Crippen LogP contribution in [0, 0.1) is 5.92 Å². The average Bonchev–Trinajstić information content (AvgIpc) is 3.45. The number of fused-ring (bicyclic) bond motifs is 4. The van der Waals surface area contributed by atoms with Crippen molar-refractivity contribution in [3.63, 3.8) is 0 Å². The first-order valence-corrected chi connectivity index (χ1v) is 12.9. The average molecular weight is 483 g/mol. The van der Waals surface area contributed by atoms with E-state index in [0.717, 1.165) is 56.8 Å². The zero-order valence-corrected chi connectivity index (χ0v) is 20.5. The highest BCUT2D eigenvalue weighted by atomic mass is 32.2. The van der Waals surface area contributed by atoms with Gasteiger partial charge >= 0.3 is 0 Å². The van der Waals surface area contributed by atoms with Gasteiger partial charge in [-0.25, -0.2) is 9.97 Å². The lowest BCUT2D eigenvalue weighted by molar-refractivity contribution is -0.135. The number of anilines is 2. The lowest BCUT2D eigenvalue weighted by Crippen LogP contribution is -2.37. The SMILES string of the molecule is COCCN(C)C(=O)[C@H]1CCc2c(sc3ncnc(Nc4cc5cn[nH]c5cc4SC)c23)C1. The Labute approximate surface area is 200 Å². The van der Waals surface area contributed by atoms with E-state index < -0.39 is 0 Å². The van der Waals surface area contributed by atoms with E-state index in [-0.39, 0.29) is 11.8 Å². The maximum Gasteiger partial charge on any atom is 0.225 e. The molecule has 1 amide bonds. The summed E-state index contributed by atoms with van der Waals surface area (Å²) < 4.78 is 5.12. The van der Waals surface area contributed by atoms with Gasteiger partial charge in [-0.05, 0) is 43.2 Å². The van der Waals surface area contributed by atoms with Crippen molar-refractivity contribution in [3.05, 3.63) is 35.1 Å². The topological polar surface area (TPSA) is 96.0 Å². The highest BCUT2D eigenvalue weighted by Crippen LogP contribution is 2.41. The predicted octanol–water partition coefficient (Wildman–Crippen LogP) is 4.24. The third-order valence-corrected chi connectivity index (χ3v) is 8.15. The summed E-state index contributed by atoms with van der Waals surface area (Å²) in [7, 11) is 3.51. The number of aryl methyl sites for hydroxylation is 1. The number of aromatic amines is 1. The second-order valence-electron chi connectivity index (χ2n) is 8.23. The number of nitrogens with zero attached hydrogens (tertiary/aromatic N) is 4. The van der Waals surface area contributed by atoms with Gasteiger partial charge in [0.1, 0.15) is 17.0 Å². The van der Waals surface area contributed by atoms with Crippen LogP contribution in [-0.2, 0) is 22.4 Å². The third kappa shape index (κ3) is 4.18. The molecule has 33 heavy (non-hydrogen) atoms. The molecule has 172 valence electrons. The first-order valence-electron chi connectivity index (χ1n) is 10.9. The Kier molecular flexibility index (Phi) is 6.22. The van der Waals surface area contributed by atoms with Crippen molar-refractivity contribution in [3.8, 4) is 0 Å². The van der Waals surface area contributed by atoms with E-state index in [1.54, 1.807) is 41.4 Å². The molecule has 1 aromatic carbocycles. The smallest absolute Gasteiger partial charge is 0.225 e. The summed E-state index contributed by atoms with van der Waals surface area (Å²) in [6.45, 7) is 1.17. The molecule has 0 saturated carbocycles. The van der Waals surface area contributed by atoms with E-state index in [0.29, 0.717) is 13.2 Å². The highest BCUT2D eigenvalue weighted by Gasteiger charge is 2.30. The van der Waals surface area contributed by atoms with Gasteiger partial charge in [-0.1, -0.05) is 0 Å². The molecule has 0 fully saturated rings. The van der Waals surface area contributed by atoms with E-state index in [1.165, 1.54) is 10.4 Å². The van der Waals surface area contributed by atoms with Gasteiger partial charge in [-0.3, -0.25) is 9.89 Å². The largest absolute Gasteiger partial charge is 0.383 e. The molecular formula is C23H26N6O2S2. The zero-order chi connectivity index (χ0) is 22.9. The maximum atomic E-state index is 12.9. The Morgan fingerprint density at radius 2 is 2.27 bits per heavy atom. The van der Waals surface area contributed by atoms with Crippen molar-refractivity contribution in [2.45, 2.75) is 24.2 Å². The number of hydrogen-bond acceptors (Lipinski definition) is 8. The molecule has 1 aliphatic carbocycles. The normalized spacial score (nSPS) is 15.7. The molecule has 0 radical (unpaired) electrons. The highest BCUT2D eigenvalue weighted by molar-refractivity contribution is 7.98. The fourth-order valence-corrected chi connectivity index (χ4v) is 6.26. The fraction of sp³-hybridized carbons (Fsp3) is 0.391. The molecule has 0 aliphatic heterocycles. The minimum absolute atomic E-state index is 0.00313. The van der Waals surface area contributed by atoms with Crippen molar-refractivity contribution >= 4 is 61.6 Å². The monoisotopic (exact) mass is 482 g/mol. The van der Waals surface area contributed by atoms with E-state index in [1.807, 2.05) is 13.2 Å². The number of methoxy groups -OCH3 is 1. The molecule has 0 saturated heterocycles. The molecule has 2 N–H and O–H groups in total. The molecule has 8 nitrogen and oxygen atoms in total. The first kappa shape index (κ1) is 22.1. The summed E-state index contributed by atoms with van der Waals surface area (Å²) in [5, 5.41) is 12.9. The molecule has 1 aliphatic rings. The summed E-state index contributed by atoms with van der Waals surface area (Å²) in [6.07, 6.45) is 7.94. The number of amides is 1. The summed E-state index contributed by atoms with van der Waals surface area (Å²) >= 11 is 3.36. The van der Waals surface area contributed by atoms with Crippen LogP contribution in [0.3, 0.4) is 0 Å². The number of aromatic nitrogens is 4. The number of nitrogens with one attached hydrogen (secondary N) is 2. The summed E-state index contributed by atoms with van der Waals surface area (Å²) in [5.74, 6) is 1.01. The van der Waals surface area contributed by atoms with Crippen molar-refractivity contribution < 1.29 is 9.53 Å². The Morgan fingerprint density at radius 3 is 3.09 bits per heavy atom. The number of carbonyl (C=O) groups excluding carboxylic acids is 1. The van der Waals surface area contributed by atoms with Crippen LogP contribution in [0.5, 0.6) is 0 Å². The molecule has 1 atom stereocenters. The summed E-state index contributed by atoms with van der Waals surface area (Å²) in [4.78, 5) is 27.2. The van der Waals surface area contributed by atoms with Gasteiger partial charge in [0.25, 0.3) is 0 Å². The number of hydrogen-bond donors (Lipinski definition) is 2. The van der Waals surface area contributed by atoms with Crippen LogP contribution in [0.25, 0.3) is 21.1 Å². The minimum atomic E-state index is 0.00313. The van der Waals surface area contributed by atoms with Crippen LogP contribution in [0.2, 0.25) is 0 Å². The van der Waals surface area contributed by atoms with E-state index in [9.17, 15) is 4.79 Å². The van der Waals surface area contributed by atoms with E-state index >= 15 is 0 Å². The lowest BCUT2D eigenvalue weighted by atomic mass is 9.87. The fourth-order valence-electron chi connectivity index (χ4n) is 4.43. The number of thiophene rings is 1. The van der Waals surface area contributed by atoms with Crippen LogP contribution in [0.1, 0.15) is 16.9 Å². The number of rotatable bonds is 7. The molecule has 5 rings (SSSR count). The lowest BCUT2D eigenvalue weighted by Gasteiger charge is -2.26. The van der Waals surface area contributed by atoms with Gasteiger partial charge in [-0.2, -0.15) is 5.10 Å². The third-order valence-electron chi connectivity index (χ3n) is 6.21. The quantitative estimate of drug-likeness (QED) is 0.380. The van der Waals surface area contributed by atoms with Gasteiger partial charge in [0.2, 0.25) is 5.91 Å². The number of H-pyrrole nitrogens is 1. The van der Waals surface area contributed by atoms with Gasteiger partial charge in [0, 0.05) is 41.8 Å². The summed E-state index contributed by atoms with van der Waals surface area (Å²) in [5.41, 5.74) is 3.29. The van der Waals surface area contributed by atoms with Gasteiger partial charge in [-0.15, -0.1) is 23.1 Å². The van der Waals surface area contributed by atoms with Crippen LogP contribution < -0.4 is 5.32 Å². The van der Waals surface area contributed by atoms with E-state index in [4.69, 9.17) is 4.74 Å². The zero-order valence-electron chi connectivity index (χ0n) is 18.8. The summed E-state index contributed by atoms with van der Waals surface area (Å²) in [6, 6.07) is 4.20. The maximum absolute atomic E-state index is 12.9. The van der Waals surface area contributed by atoms with Crippen LogP contribution in [-0.4, -0.2) is 64.5 Å². The first-order chi connectivity index (χ1) is 16.1. The predicted molar refractivity (Wildman–Crippen MR) is 134 cm³/mol. The molecular weight excluding hydrogens is 456 g/mol. The number of likely N-dealkylation sites (N-methyl/N-ethyl adjacent to an activating group) is 1. The molecule has 3 aromatic heterocycles. The standard InChI is InChI=1S/C23H26N6O2S2/c1-29(6-7-31-2)23(30)13-4-5-15-18(9-13)33-22-20(15)21(24-12-25-22)27-17-8-14-11-26-28-16(14)10-19(17)32-3/h8,10-13H,4-7,9H2,1-3H3,(H,26,28)(H,24,25,27)/t13-/m0/s1. The molecule has 0 spiro atoms. The molecule has 3 heterocycles. The van der Waals surface area contributed by atoms with Gasteiger partial charge in [0.05, 0.1) is 29.4 Å². The number of ether oxygens (including phenoxy) is 1. The molecule has 0 unspecified atom stereocenters. The van der Waals surface area contributed by atoms with Crippen molar-refractivity contribution in [2.24, 2.45) is 5.92 Å². The Hall–Kier alpha value is -2.69. The van der Waals surface area contributed by atoms with Crippen LogP contribution in [0.4, 0.5) is 11.5 Å². The van der Waals surface area contributed by atoms with Crippen molar-refractivity contribution in [2.75, 3.05) is 38.9 Å². The minimum Gasteiger partial charge on any atom is -0.383 e. The van der Waals surface area contributed by atoms with E-state index in [2.05, 4.69) is 43.9 Å². The molecule has 0 bridgehead atoms. The van der Waals surface area contributed by atoms with Crippen molar-refractivity contribution in [1.29, 1.82) is 0 Å². The second kappa shape index (κ2) is 9.28. The Morgan fingerprint density at radius 1 is 1.39 bits per heavy atom. The van der Waals surface area contributed by atoms with Crippen LogP contribution in [0.15, 0.2) is 29.6 Å². The van der Waals surface area contributed by atoms with Crippen molar-refractivity contribution in [1.82, 2.24) is 25.1 Å². The van der Waals surface area contributed by atoms with Gasteiger partial charge in [0.15, 0.2) is 0 Å². The van der Waals surface area contributed by atoms with Crippen LogP contribution >= 0.6 is 23.1 Å². The molecule has 10 heteroatoms. The number of thioether (sulfide) groups is 1. The number of carbonyl (C=O) groups is 1. The second-order valence-corrected chi connectivity index (χ2v) is 10.2. The van der Waals surface area contributed by atoms with Gasteiger partial charge < -0.3 is 15.0 Å². The molecule has 4 aromatic rings. The Balaban J connectivity index is 1.45. The number of benzene rings is 1. The Bertz CT molecular complexity index is 1320.